The first kappa shape index (κ1) is 10.9. The van der Waals surface area contributed by atoms with Crippen LogP contribution in [0.5, 0.6) is 0 Å². The summed E-state index contributed by atoms with van der Waals surface area (Å²) in [7, 11) is 0. The zero-order chi connectivity index (χ0) is 11.8. The number of ether oxygens (including phenoxy) is 1. The lowest BCUT2D eigenvalue weighted by atomic mass is 10.2. The fraction of sp³-hybridized carbons (Fsp3) is 0.167. The maximum absolute atomic E-state index is 11.5. The first-order valence-corrected chi connectivity index (χ1v) is 6.97. The number of carbonyl (C=O) groups excluding carboxylic acids is 2. The van der Waals surface area contributed by atoms with Crippen LogP contribution in [0.1, 0.15) is 10.8 Å². The highest BCUT2D eigenvalue weighted by Gasteiger charge is 2.39. The van der Waals surface area contributed by atoms with E-state index in [1.165, 1.54) is 29.1 Å². The van der Waals surface area contributed by atoms with E-state index in [1.54, 1.807) is 0 Å². The number of hydrogen-bond acceptors (Lipinski definition) is 5. The van der Waals surface area contributed by atoms with Gasteiger partial charge in [0.1, 0.15) is 9.81 Å². The molecule has 2 aliphatic heterocycles. The van der Waals surface area contributed by atoms with Crippen molar-refractivity contribution in [2.75, 3.05) is 5.75 Å². The summed E-state index contributed by atoms with van der Waals surface area (Å²) in [5.74, 6) is -0.201. The summed E-state index contributed by atoms with van der Waals surface area (Å²) in [6.07, 6.45) is 0. The molecule has 86 valence electrons. The van der Waals surface area contributed by atoms with E-state index in [0.717, 1.165) is 5.75 Å². The Kier molecular flexibility index (Phi) is 2.72. The van der Waals surface area contributed by atoms with Crippen LogP contribution in [0.4, 0.5) is 0 Å². The van der Waals surface area contributed by atoms with Crippen LogP contribution in [-0.4, -0.2) is 17.7 Å². The van der Waals surface area contributed by atoms with E-state index in [2.05, 4.69) is 4.74 Å². The van der Waals surface area contributed by atoms with Gasteiger partial charge in [0.25, 0.3) is 0 Å². The Labute approximate surface area is 107 Å². The number of thioether (sulfide) groups is 2. The van der Waals surface area contributed by atoms with Crippen LogP contribution in [0, 0.1) is 0 Å². The number of esters is 2. The van der Waals surface area contributed by atoms with Crippen LogP contribution in [0.3, 0.4) is 0 Å². The molecule has 0 N–H and O–H groups in total. The average molecular weight is 264 g/mol. The summed E-state index contributed by atoms with van der Waals surface area (Å²) in [6.45, 7) is 0. The van der Waals surface area contributed by atoms with Gasteiger partial charge in [-0.2, -0.15) is 0 Å². The predicted octanol–water partition coefficient (Wildman–Crippen LogP) is 2.50. The van der Waals surface area contributed by atoms with Crippen molar-refractivity contribution in [2.24, 2.45) is 0 Å². The molecule has 0 bridgehead atoms. The molecule has 0 aromatic heterocycles. The summed E-state index contributed by atoms with van der Waals surface area (Å²) in [4.78, 5) is 23.7. The zero-order valence-corrected chi connectivity index (χ0v) is 10.3. The Morgan fingerprint density at radius 1 is 1.06 bits per heavy atom. The monoisotopic (exact) mass is 264 g/mol. The molecule has 3 rings (SSSR count). The van der Waals surface area contributed by atoms with Crippen LogP contribution in [-0.2, 0) is 14.3 Å². The quantitative estimate of drug-likeness (QED) is 0.576. The second-order valence-corrected chi connectivity index (χ2v) is 5.91. The molecule has 1 aromatic carbocycles. The van der Waals surface area contributed by atoms with Gasteiger partial charge < -0.3 is 4.74 Å². The number of carbonyl (C=O) groups is 2. The van der Waals surface area contributed by atoms with Crippen molar-refractivity contribution in [3.8, 4) is 0 Å². The lowest BCUT2D eigenvalue weighted by molar-refractivity contribution is -0.150. The van der Waals surface area contributed by atoms with Crippen molar-refractivity contribution in [3.05, 3.63) is 45.7 Å². The highest BCUT2D eigenvalue weighted by Crippen LogP contribution is 2.49. The van der Waals surface area contributed by atoms with Crippen molar-refractivity contribution in [3.63, 3.8) is 0 Å². The third-order valence-corrected chi connectivity index (χ3v) is 5.40. The second-order valence-electron chi connectivity index (χ2n) is 3.66. The van der Waals surface area contributed by atoms with Gasteiger partial charge in [0, 0.05) is 11.0 Å². The van der Waals surface area contributed by atoms with E-state index < -0.39 is 11.9 Å². The minimum absolute atomic E-state index is 0.207. The minimum Gasteiger partial charge on any atom is -0.385 e. The molecule has 0 aliphatic carbocycles. The van der Waals surface area contributed by atoms with Gasteiger partial charge in [0.2, 0.25) is 0 Å². The van der Waals surface area contributed by atoms with E-state index in [9.17, 15) is 9.59 Å². The van der Waals surface area contributed by atoms with Crippen molar-refractivity contribution >= 4 is 35.5 Å². The SMILES string of the molecule is O=C1OC(=O)C2=C1SCC(c1ccccc1)S2. The Hall–Kier alpha value is -1.20. The van der Waals surface area contributed by atoms with E-state index in [0.29, 0.717) is 9.81 Å². The zero-order valence-electron chi connectivity index (χ0n) is 8.71. The van der Waals surface area contributed by atoms with Gasteiger partial charge in [0.05, 0.1) is 0 Å². The highest BCUT2D eigenvalue weighted by atomic mass is 32.2. The molecular weight excluding hydrogens is 256 g/mol. The topological polar surface area (TPSA) is 43.4 Å². The summed E-state index contributed by atoms with van der Waals surface area (Å²) >= 11 is 2.84. The van der Waals surface area contributed by atoms with Crippen LogP contribution in [0.2, 0.25) is 0 Å². The van der Waals surface area contributed by atoms with Gasteiger partial charge in [-0.05, 0) is 5.56 Å². The maximum Gasteiger partial charge on any atom is 0.353 e. The molecule has 2 heterocycles. The standard InChI is InChI=1S/C12H8O3S2/c13-11-9-10(12(14)15-11)17-8(6-16-9)7-4-2-1-3-5-7/h1-5,8H,6H2. The van der Waals surface area contributed by atoms with Gasteiger partial charge in [-0.3, -0.25) is 0 Å². The highest BCUT2D eigenvalue weighted by molar-refractivity contribution is 8.11. The van der Waals surface area contributed by atoms with Crippen molar-refractivity contribution in [1.82, 2.24) is 0 Å². The molecule has 0 saturated carbocycles. The Balaban J connectivity index is 1.89. The summed E-state index contributed by atoms with van der Waals surface area (Å²) in [5.41, 5.74) is 1.17. The largest absolute Gasteiger partial charge is 0.385 e. The maximum atomic E-state index is 11.5. The lowest BCUT2D eigenvalue weighted by Crippen LogP contribution is -2.06. The molecule has 0 saturated heterocycles. The van der Waals surface area contributed by atoms with Crippen molar-refractivity contribution in [1.29, 1.82) is 0 Å². The predicted molar refractivity (Wildman–Crippen MR) is 67.4 cm³/mol. The molecule has 0 spiro atoms. The summed E-state index contributed by atoms with van der Waals surface area (Å²) in [6, 6.07) is 9.98. The van der Waals surface area contributed by atoms with Gasteiger partial charge in [-0.1, -0.05) is 30.3 Å². The molecule has 1 atom stereocenters. The smallest absolute Gasteiger partial charge is 0.353 e. The third-order valence-electron chi connectivity index (χ3n) is 2.57. The second kappa shape index (κ2) is 4.23. The normalized spacial score (nSPS) is 23.6. The van der Waals surface area contributed by atoms with Crippen LogP contribution in [0.25, 0.3) is 0 Å². The number of benzene rings is 1. The third kappa shape index (κ3) is 1.89. The van der Waals surface area contributed by atoms with E-state index in [4.69, 9.17) is 0 Å². The van der Waals surface area contributed by atoms with Crippen molar-refractivity contribution in [2.45, 2.75) is 5.25 Å². The van der Waals surface area contributed by atoms with E-state index in [-0.39, 0.29) is 5.25 Å². The Bertz CT molecular complexity index is 522. The van der Waals surface area contributed by atoms with Gasteiger partial charge in [-0.25, -0.2) is 9.59 Å². The molecule has 1 aromatic rings. The van der Waals surface area contributed by atoms with Crippen LogP contribution >= 0.6 is 23.5 Å². The van der Waals surface area contributed by atoms with Crippen LogP contribution in [0.15, 0.2) is 40.1 Å². The van der Waals surface area contributed by atoms with Crippen molar-refractivity contribution < 1.29 is 14.3 Å². The molecule has 3 nitrogen and oxygen atoms in total. The molecule has 17 heavy (non-hydrogen) atoms. The first-order valence-electron chi connectivity index (χ1n) is 5.11. The summed E-state index contributed by atoms with van der Waals surface area (Å²) < 4.78 is 4.60. The molecule has 0 radical (unpaired) electrons. The van der Waals surface area contributed by atoms with Gasteiger partial charge >= 0.3 is 11.9 Å². The lowest BCUT2D eigenvalue weighted by Gasteiger charge is -2.20. The summed E-state index contributed by atoms with van der Waals surface area (Å²) in [5, 5.41) is 0.207. The molecule has 0 fully saturated rings. The fourth-order valence-electron chi connectivity index (χ4n) is 1.76. The molecular formula is C12H8O3S2. The Morgan fingerprint density at radius 3 is 2.53 bits per heavy atom. The molecule has 1 unspecified atom stereocenters. The van der Waals surface area contributed by atoms with Gasteiger partial charge in [-0.15, -0.1) is 23.5 Å². The molecule has 0 amide bonds. The van der Waals surface area contributed by atoms with Gasteiger partial charge in [0.15, 0.2) is 0 Å². The fourth-order valence-corrected chi connectivity index (χ4v) is 4.34. The van der Waals surface area contributed by atoms with Crippen LogP contribution < -0.4 is 0 Å². The average Bonchev–Trinajstić information content (AvgIpc) is 2.66. The number of cyclic esters (lactones) is 2. The number of hydrogen-bond donors (Lipinski definition) is 0. The Morgan fingerprint density at radius 2 is 1.76 bits per heavy atom. The first-order chi connectivity index (χ1) is 8.25. The van der Waals surface area contributed by atoms with E-state index >= 15 is 0 Å². The molecule has 2 aliphatic rings. The van der Waals surface area contributed by atoms with E-state index in [1.807, 2.05) is 30.3 Å². The minimum atomic E-state index is -0.497. The number of rotatable bonds is 1. The molecule has 5 heteroatoms.